The largest absolute Gasteiger partial charge is 0.280 e. The van der Waals surface area contributed by atoms with E-state index in [1.165, 1.54) is 30.4 Å². The van der Waals surface area contributed by atoms with Gasteiger partial charge in [0.05, 0.1) is 4.90 Å². The van der Waals surface area contributed by atoms with E-state index >= 15 is 0 Å². The van der Waals surface area contributed by atoms with E-state index in [2.05, 4.69) is 18.6 Å². The van der Waals surface area contributed by atoms with Crippen molar-refractivity contribution in [2.45, 2.75) is 57.3 Å². The highest BCUT2D eigenvalue weighted by molar-refractivity contribution is 7.92. The van der Waals surface area contributed by atoms with Crippen molar-refractivity contribution < 1.29 is 8.42 Å². The van der Waals surface area contributed by atoms with Gasteiger partial charge in [-0.1, -0.05) is 57.4 Å². The van der Waals surface area contributed by atoms with Crippen molar-refractivity contribution in [2.75, 3.05) is 4.72 Å². The van der Waals surface area contributed by atoms with Crippen LogP contribution in [0.4, 0.5) is 5.69 Å². The summed E-state index contributed by atoms with van der Waals surface area (Å²) in [6.45, 7) is 4.27. The third kappa shape index (κ3) is 5.38. The number of benzene rings is 2. The van der Waals surface area contributed by atoms with Crippen molar-refractivity contribution in [2.24, 2.45) is 0 Å². The molecule has 0 aliphatic rings. The highest BCUT2D eigenvalue weighted by atomic mass is 32.2. The minimum Gasteiger partial charge on any atom is -0.280 e. The molecule has 0 unspecified atom stereocenters. The van der Waals surface area contributed by atoms with Crippen LogP contribution < -0.4 is 4.72 Å². The summed E-state index contributed by atoms with van der Waals surface area (Å²) in [5.74, 6) is 0. The van der Waals surface area contributed by atoms with Crippen LogP contribution in [0.1, 0.15) is 50.7 Å². The Balaban J connectivity index is 2.00. The van der Waals surface area contributed by atoms with Crippen LogP contribution in [0.2, 0.25) is 0 Å². The van der Waals surface area contributed by atoms with E-state index in [4.69, 9.17) is 0 Å². The summed E-state index contributed by atoms with van der Waals surface area (Å²) in [7, 11) is -3.53. The SMILES string of the molecule is CCCCCCc1ccc(S(=O)(=O)Nc2ccc(CC)cc2)cc1. The molecule has 0 bridgehead atoms. The zero-order chi connectivity index (χ0) is 17.4. The average Bonchev–Trinajstić information content (AvgIpc) is 2.59. The van der Waals surface area contributed by atoms with Crippen LogP contribution in [0.25, 0.3) is 0 Å². The van der Waals surface area contributed by atoms with E-state index in [1.54, 1.807) is 24.3 Å². The molecule has 130 valence electrons. The van der Waals surface area contributed by atoms with Gasteiger partial charge in [-0.05, 0) is 54.7 Å². The number of aryl methyl sites for hydroxylation is 2. The van der Waals surface area contributed by atoms with Crippen LogP contribution in [-0.4, -0.2) is 8.42 Å². The van der Waals surface area contributed by atoms with E-state index in [9.17, 15) is 8.42 Å². The first kappa shape index (κ1) is 18.5. The van der Waals surface area contributed by atoms with Crippen LogP contribution in [-0.2, 0) is 22.9 Å². The van der Waals surface area contributed by atoms with Gasteiger partial charge in [-0.25, -0.2) is 8.42 Å². The molecule has 1 N–H and O–H groups in total. The van der Waals surface area contributed by atoms with Crippen molar-refractivity contribution >= 4 is 15.7 Å². The van der Waals surface area contributed by atoms with Gasteiger partial charge >= 0.3 is 0 Å². The lowest BCUT2D eigenvalue weighted by Crippen LogP contribution is -2.12. The first-order valence-corrected chi connectivity index (χ1v) is 10.2. The zero-order valence-corrected chi connectivity index (χ0v) is 15.4. The van der Waals surface area contributed by atoms with Gasteiger partial charge < -0.3 is 0 Å². The summed E-state index contributed by atoms with van der Waals surface area (Å²) in [6, 6.07) is 14.7. The van der Waals surface area contributed by atoms with Gasteiger partial charge in [0.15, 0.2) is 0 Å². The summed E-state index contributed by atoms with van der Waals surface area (Å²) >= 11 is 0. The number of rotatable bonds is 9. The van der Waals surface area contributed by atoms with E-state index in [1.807, 2.05) is 24.3 Å². The normalized spacial score (nSPS) is 11.4. The van der Waals surface area contributed by atoms with Gasteiger partial charge in [-0.15, -0.1) is 0 Å². The standard InChI is InChI=1S/C20H27NO2S/c1-3-5-6-7-8-18-11-15-20(16-12-18)24(22,23)21-19-13-9-17(4-2)10-14-19/h9-16,21H,3-8H2,1-2H3. The van der Waals surface area contributed by atoms with Crippen molar-refractivity contribution in [1.82, 2.24) is 0 Å². The Morgan fingerprint density at radius 3 is 2.00 bits per heavy atom. The molecule has 2 aromatic rings. The third-order valence-corrected chi connectivity index (χ3v) is 5.56. The van der Waals surface area contributed by atoms with Gasteiger partial charge in [0.1, 0.15) is 0 Å². The van der Waals surface area contributed by atoms with Crippen molar-refractivity contribution in [3.8, 4) is 0 Å². The second-order valence-corrected chi connectivity index (χ2v) is 7.79. The second-order valence-electron chi connectivity index (χ2n) is 6.11. The highest BCUT2D eigenvalue weighted by Gasteiger charge is 2.13. The molecule has 3 nitrogen and oxygen atoms in total. The molecule has 0 aromatic heterocycles. The van der Waals surface area contributed by atoms with E-state index in [0.29, 0.717) is 10.6 Å². The fraction of sp³-hybridized carbons (Fsp3) is 0.400. The maximum atomic E-state index is 12.5. The Bertz CT molecular complexity index is 719. The fourth-order valence-electron chi connectivity index (χ4n) is 2.61. The summed E-state index contributed by atoms with van der Waals surface area (Å²) in [5.41, 5.74) is 2.97. The lowest BCUT2D eigenvalue weighted by molar-refractivity contribution is 0.601. The predicted molar refractivity (Wildman–Crippen MR) is 101 cm³/mol. The Hall–Kier alpha value is -1.81. The topological polar surface area (TPSA) is 46.2 Å². The van der Waals surface area contributed by atoms with Crippen LogP contribution in [0.15, 0.2) is 53.4 Å². The molecule has 0 aliphatic heterocycles. The number of hydrogen-bond donors (Lipinski definition) is 1. The van der Waals surface area contributed by atoms with Gasteiger partial charge in [-0.3, -0.25) is 4.72 Å². The molecule has 0 heterocycles. The smallest absolute Gasteiger partial charge is 0.261 e. The second kappa shape index (κ2) is 8.88. The minimum atomic E-state index is -3.53. The molecule has 24 heavy (non-hydrogen) atoms. The monoisotopic (exact) mass is 345 g/mol. The van der Waals surface area contributed by atoms with E-state index in [0.717, 1.165) is 19.3 Å². The fourth-order valence-corrected chi connectivity index (χ4v) is 3.67. The third-order valence-electron chi connectivity index (χ3n) is 4.17. The lowest BCUT2D eigenvalue weighted by Gasteiger charge is -2.09. The Labute approximate surface area is 146 Å². The molecule has 0 spiro atoms. The van der Waals surface area contributed by atoms with Crippen molar-refractivity contribution in [3.63, 3.8) is 0 Å². The Kier molecular flexibility index (Phi) is 6.85. The molecule has 0 atom stereocenters. The number of anilines is 1. The molecular weight excluding hydrogens is 318 g/mol. The van der Waals surface area contributed by atoms with Crippen molar-refractivity contribution in [1.29, 1.82) is 0 Å². The minimum absolute atomic E-state index is 0.305. The lowest BCUT2D eigenvalue weighted by atomic mass is 10.1. The zero-order valence-electron chi connectivity index (χ0n) is 14.6. The average molecular weight is 346 g/mol. The molecule has 4 heteroatoms. The maximum absolute atomic E-state index is 12.5. The number of nitrogens with one attached hydrogen (secondary N) is 1. The molecule has 2 aromatic carbocycles. The highest BCUT2D eigenvalue weighted by Crippen LogP contribution is 2.18. The number of unbranched alkanes of at least 4 members (excludes halogenated alkanes) is 3. The maximum Gasteiger partial charge on any atom is 0.261 e. The summed E-state index contributed by atoms with van der Waals surface area (Å²) in [5, 5.41) is 0. The number of sulfonamides is 1. The summed E-state index contributed by atoms with van der Waals surface area (Å²) < 4.78 is 27.5. The van der Waals surface area contributed by atoms with Crippen LogP contribution in [0.3, 0.4) is 0 Å². The molecule has 0 saturated carbocycles. The van der Waals surface area contributed by atoms with Crippen LogP contribution in [0, 0.1) is 0 Å². The van der Waals surface area contributed by atoms with Crippen molar-refractivity contribution in [3.05, 3.63) is 59.7 Å². The van der Waals surface area contributed by atoms with Crippen LogP contribution >= 0.6 is 0 Å². The van der Waals surface area contributed by atoms with Gasteiger partial charge in [-0.2, -0.15) is 0 Å². The summed E-state index contributed by atoms with van der Waals surface area (Å²) in [6.07, 6.45) is 6.81. The van der Waals surface area contributed by atoms with Crippen LogP contribution in [0.5, 0.6) is 0 Å². The molecule has 0 aliphatic carbocycles. The van der Waals surface area contributed by atoms with Gasteiger partial charge in [0, 0.05) is 5.69 Å². The first-order valence-electron chi connectivity index (χ1n) is 8.76. The Morgan fingerprint density at radius 2 is 1.42 bits per heavy atom. The Morgan fingerprint density at radius 1 is 0.792 bits per heavy atom. The van der Waals surface area contributed by atoms with E-state index in [-0.39, 0.29) is 0 Å². The molecule has 0 amide bonds. The first-order chi connectivity index (χ1) is 11.5. The van der Waals surface area contributed by atoms with E-state index < -0.39 is 10.0 Å². The number of hydrogen-bond acceptors (Lipinski definition) is 2. The molecule has 0 saturated heterocycles. The molecule has 0 radical (unpaired) electrons. The van der Waals surface area contributed by atoms with Gasteiger partial charge in [0.2, 0.25) is 0 Å². The quantitative estimate of drug-likeness (QED) is 0.637. The molecule has 2 rings (SSSR count). The molecular formula is C20H27NO2S. The predicted octanol–water partition coefficient (Wildman–Crippen LogP) is 5.17. The summed E-state index contributed by atoms with van der Waals surface area (Å²) in [4.78, 5) is 0.305. The molecule has 0 fully saturated rings. The van der Waals surface area contributed by atoms with Gasteiger partial charge in [0.25, 0.3) is 10.0 Å².